The SMILES string of the molecule is C#Cc1cccc(-c2ccccc2-c2ccccc2)c1. The van der Waals surface area contributed by atoms with Gasteiger partial charge in [0.15, 0.2) is 0 Å². The lowest BCUT2D eigenvalue weighted by atomic mass is 9.94. The number of rotatable bonds is 2. The van der Waals surface area contributed by atoms with Gasteiger partial charge in [0.25, 0.3) is 0 Å². The molecule has 0 radical (unpaired) electrons. The summed E-state index contributed by atoms with van der Waals surface area (Å²) < 4.78 is 0. The smallest absolute Gasteiger partial charge is 0.0248 e. The maximum atomic E-state index is 5.50. The molecule has 0 saturated carbocycles. The Morgan fingerprint density at radius 3 is 1.90 bits per heavy atom. The highest BCUT2D eigenvalue weighted by atomic mass is 14.1. The van der Waals surface area contributed by atoms with Gasteiger partial charge in [0.1, 0.15) is 0 Å². The summed E-state index contributed by atoms with van der Waals surface area (Å²) in [5, 5.41) is 0. The van der Waals surface area contributed by atoms with Crippen LogP contribution in [0.4, 0.5) is 0 Å². The molecule has 0 saturated heterocycles. The minimum Gasteiger partial charge on any atom is -0.115 e. The lowest BCUT2D eigenvalue weighted by Gasteiger charge is -2.10. The third-order valence-electron chi connectivity index (χ3n) is 3.35. The molecule has 0 aliphatic rings. The Labute approximate surface area is 119 Å². The highest BCUT2D eigenvalue weighted by Gasteiger charge is 2.06. The fourth-order valence-corrected chi connectivity index (χ4v) is 2.38. The molecule has 0 atom stereocenters. The van der Waals surface area contributed by atoms with Crippen molar-refractivity contribution in [1.82, 2.24) is 0 Å². The monoisotopic (exact) mass is 254 g/mol. The second kappa shape index (κ2) is 5.47. The third kappa shape index (κ3) is 2.35. The first-order chi connectivity index (χ1) is 9.88. The highest BCUT2D eigenvalue weighted by Crippen LogP contribution is 2.32. The number of terminal acetylenes is 1. The summed E-state index contributed by atoms with van der Waals surface area (Å²) >= 11 is 0. The number of hydrogen-bond acceptors (Lipinski definition) is 0. The van der Waals surface area contributed by atoms with Crippen molar-refractivity contribution >= 4 is 0 Å². The van der Waals surface area contributed by atoms with Crippen LogP contribution in [-0.4, -0.2) is 0 Å². The van der Waals surface area contributed by atoms with E-state index in [0.717, 1.165) is 11.1 Å². The second-order valence-corrected chi connectivity index (χ2v) is 4.64. The molecule has 3 aromatic carbocycles. The molecule has 0 bridgehead atoms. The van der Waals surface area contributed by atoms with Gasteiger partial charge in [-0.3, -0.25) is 0 Å². The molecule has 0 aliphatic heterocycles. The van der Waals surface area contributed by atoms with Crippen LogP contribution in [0.25, 0.3) is 22.3 Å². The van der Waals surface area contributed by atoms with Gasteiger partial charge in [0.05, 0.1) is 0 Å². The summed E-state index contributed by atoms with van der Waals surface area (Å²) in [6.45, 7) is 0. The average molecular weight is 254 g/mol. The van der Waals surface area contributed by atoms with Crippen LogP contribution in [0.15, 0.2) is 78.9 Å². The van der Waals surface area contributed by atoms with E-state index < -0.39 is 0 Å². The van der Waals surface area contributed by atoms with E-state index in [4.69, 9.17) is 6.42 Å². The molecule has 0 amide bonds. The molecule has 0 fully saturated rings. The van der Waals surface area contributed by atoms with Gasteiger partial charge in [-0.1, -0.05) is 72.7 Å². The lowest BCUT2D eigenvalue weighted by molar-refractivity contribution is 1.57. The highest BCUT2D eigenvalue weighted by molar-refractivity contribution is 5.83. The fraction of sp³-hybridized carbons (Fsp3) is 0. The second-order valence-electron chi connectivity index (χ2n) is 4.64. The van der Waals surface area contributed by atoms with E-state index in [1.165, 1.54) is 16.7 Å². The predicted octanol–water partition coefficient (Wildman–Crippen LogP) is 5.00. The van der Waals surface area contributed by atoms with Gasteiger partial charge in [-0.15, -0.1) is 6.42 Å². The molecule has 0 aliphatic carbocycles. The molecule has 3 rings (SSSR count). The van der Waals surface area contributed by atoms with Crippen LogP contribution in [0, 0.1) is 12.3 Å². The minimum atomic E-state index is 0.908. The first kappa shape index (κ1) is 12.3. The zero-order chi connectivity index (χ0) is 13.8. The van der Waals surface area contributed by atoms with E-state index in [2.05, 4.69) is 66.6 Å². The van der Waals surface area contributed by atoms with Crippen LogP contribution >= 0.6 is 0 Å². The van der Waals surface area contributed by atoms with Gasteiger partial charge in [-0.05, 0) is 34.4 Å². The largest absolute Gasteiger partial charge is 0.115 e. The van der Waals surface area contributed by atoms with Gasteiger partial charge >= 0.3 is 0 Å². The van der Waals surface area contributed by atoms with Crippen molar-refractivity contribution < 1.29 is 0 Å². The van der Waals surface area contributed by atoms with Gasteiger partial charge in [-0.25, -0.2) is 0 Å². The summed E-state index contributed by atoms with van der Waals surface area (Å²) in [5.41, 5.74) is 5.71. The fourth-order valence-electron chi connectivity index (χ4n) is 2.38. The molecule has 0 heteroatoms. The van der Waals surface area contributed by atoms with Gasteiger partial charge in [0.2, 0.25) is 0 Å². The number of hydrogen-bond donors (Lipinski definition) is 0. The van der Waals surface area contributed by atoms with Crippen molar-refractivity contribution in [2.45, 2.75) is 0 Å². The van der Waals surface area contributed by atoms with Crippen molar-refractivity contribution in [3.8, 4) is 34.6 Å². The summed E-state index contributed by atoms with van der Waals surface area (Å²) in [6.07, 6.45) is 5.50. The van der Waals surface area contributed by atoms with Gasteiger partial charge in [0, 0.05) is 5.56 Å². The van der Waals surface area contributed by atoms with Crippen molar-refractivity contribution in [3.63, 3.8) is 0 Å². The molecule has 0 spiro atoms. The molecular weight excluding hydrogens is 240 g/mol. The van der Waals surface area contributed by atoms with Crippen molar-refractivity contribution in [1.29, 1.82) is 0 Å². The Kier molecular flexibility index (Phi) is 3.35. The Hall–Kier alpha value is -2.78. The Balaban J connectivity index is 2.18. The van der Waals surface area contributed by atoms with Crippen molar-refractivity contribution in [2.24, 2.45) is 0 Å². The molecule has 3 aromatic rings. The van der Waals surface area contributed by atoms with E-state index in [1.54, 1.807) is 0 Å². The quantitative estimate of drug-likeness (QED) is 0.564. The normalized spacial score (nSPS) is 9.95. The van der Waals surface area contributed by atoms with E-state index >= 15 is 0 Å². The zero-order valence-corrected chi connectivity index (χ0v) is 11.1. The van der Waals surface area contributed by atoms with Crippen LogP contribution in [0.2, 0.25) is 0 Å². The first-order valence-electron chi connectivity index (χ1n) is 6.60. The van der Waals surface area contributed by atoms with E-state index in [1.807, 2.05) is 18.2 Å². The molecule has 0 aromatic heterocycles. The standard InChI is InChI=1S/C20H14/c1-2-16-9-8-12-18(15-16)20-14-7-6-13-19(20)17-10-4-3-5-11-17/h1,3-15H. The van der Waals surface area contributed by atoms with E-state index in [-0.39, 0.29) is 0 Å². The van der Waals surface area contributed by atoms with Crippen LogP contribution in [-0.2, 0) is 0 Å². The third-order valence-corrected chi connectivity index (χ3v) is 3.35. The average Bonchev–Trinajstić information content (AvgIpc) is 2.56. The predicted molar refractivity (Wildman–Crippen MR) is 85.2 cm³/mol. The molecule has 0 unspecified atom stereocenters. The van der Waals surface area contributed by atoms with E-state index in [9.17, 15) is 0 Å². The van der Waals surface area contributed by atoms with E-state index in [0.29, 0.717) is 0 Å². The van der Waals surface area contributed by atoms with Gasteiger partial charge < -0.3 is 0 Å². The zero-order valence-electron chi connectivity index (χ0n) is 11.1. The van der Waals surface area contributed by atoms with Crippen LogP contribution in [0.3, 0.4) is 0 Å². The maximum Gasteiger partial charge on any atom is 0.0248 e. The Morgan fingerprint density at radius 2 is 1.20 bits per heavy atom. The summed E-state index contributed by atoms with van der Waals surface area (Å²) in [5.74, 6) is 2.70. The topological polar surface area (TPSA) is 0 Å². The number of benzene rings is 3. The minimum absolute atomic E-state index is 0.908. The van der Waals surface area contributed by atoms with Crippen LogP contribution in [0.1, 0.15) is 5.56 Å². The Morgan fingerprint density at radius 1 is 0.600 bits per heavy atom. The van der Waals surface area contributed by atoms with Crippen molar-refractivity contribution in [2.75, 3.05) is 0 Å². The molecule has 0 N–H and O–H groups in total. The molecule has 0 heterocycles. The maximum absolute atomic E-state index is 5.50. The molecule has 20 heavy (non-hydrogen) atoms. The lowest BCUT2D eigenvalue weighted by Crippen LogP contribution is -1.85. The van der Waals surface area contributed by atoms with Crippen LogP contribution in [0.5, 0.6) is 0 Å². The molecule has 0 nitrogen and oxygen atoms in total. The first-order valence-corrected chi connectivity index (χ1v) is 6.60. The van der Waals surface area contributed by atoms with Crippen molar-refractivity contribution in [3.05, 3.63) is 84.4 Å². The molecular formula is C20H14. The molecule has 94 valence electrons. The Bertz CT molecular complexity index is 761. The summed E-state index contributed by atoms with van der Waals surface area (Å²) in [6, 6.07) is 26.9. The summed E-state index contributed by atoms with van der Waals surface area (Å²) in [4.78, 5) is 0. The van der Waals surface area contributed by atoms with Gasteiger partial charge in [-0.2, -0.15) is 0 Å². The van der Waals surface area contributed by atoms with Crippen LogP contribution < -0.4 is 0 Å². The summed E-state index contributed by atoms with van der Waals surface area (Å²) in [7, 11) is 0.